The molecule has 2 heterocycles. The molecular weight excluding hydrogens is 272 g/mol. The van der Waals surface area contributed by atoms with E-state index in [4.69, 9.17) is 5.11 Å². The lowest BCUT2D eigenvalue weighted by Gasteiger charge is -2.30. The summed E-state index contributed by atoms with van der Waals surface area (Å²) in [5.41, 5.74) is 1.55. The molecule has 7 heteroatoms. The number of carboxylic acids is 1. The monoisotopic (exact) mass is 288 g/mol. The van der Waals surface area contributed by atoms with Gasteiger partial charge in [0.1, 0.15) is 12.1 Å². The number of fused-ring (bicyclic) bond motifs is 1. The summed E-state index contributed by atoms with van der Waals surface area (Å²) in [4.78, 5) is 25.0. The Morgan fingerprint density at radius 2 is 2.14 bits per heavy atom. The summed E-state index contributed by atoms with van der Waals surface area (Å²) < 4.78 is 1.56. The number of hydrogen-bond acceptors (Lipinski definition) is 4. The zero-order valence-electron chi connectivity index (χ0n) is 11.5. The molecule has 1 aromatic heterocycles. The fourth-order valence-corrected chi connectivity index (χ4v) is 2.67. The van der Waals surface area contributed by atoms with Crippen LogP contribution < -0.4 is 0 Å². The van der Waals surface area contributed by atoms with Gasteiger partial charge in [0.15, 0.2) is 0 Å². The van der Waals surface area contributed by atoms with Gasteiger partial charge in [-0.2, -0.15) is 0 Å². The Balaban J connectivity index is 1.72. The van der Waals surface area contributed by atoms with Crippen LogP contribution >= 0.6 is 0 Å². The minimum absolute atomic E-state index is 0.0901. The first kappa shape index (κ1) is 13.5. The van der Waals surface area contributed by atoms with E-state index < -0.39 is 11.9 Å². The molecule has 0 aliphatic carbocycles. The van der Waals surface area contributed by atoms with Gasteiger partial charge < -0.3 is 10.0 Å². The molecule has 2 aromatic rings. The van der Waals surface area contributed by atoms with Crippen LogP contribution in [0.15, 0.2) is 24.3 Å². The van der Waals surface area contributed by atoms with Crippen LogP contribution in [0.2, 0.25) is 0 Å². The number of carbonyl (C=O) groups is 2. The van der Waals surface area contributed by atoms with E-state index in [1.807, 2.05) is 24.3 Å². The Morgan fingerprint density at radius 3 is 2.95 bits per heavy atom. The summed E-state index contributed by atoms with van der Waals surface area (Å²) in [5.74, 6) is -1.41. The molecule has 1 atom stereocenters. The van der Waals surface area contributed by atoms with E-state index in [2.05, 4.69) is 10.3 Å². The summed E-state index contributed by atoms with van der Waals surface area (Å²) in [6, 6.07) is 7.43. The van der Waals surface area contributed by atoms with Crippen LogP contribution in [0.3, 0.4) is 0 Å². The molecule has 21 heavy (non-hydrogen) atoms. The van der Waals surface area contributed by atoms with E-state index in [-0.39, 0.29) is 19.0 Å². The van der Waals surface area contributed by atoms with E-state index in [1.165, 1.54) is 0 Å². The Labute approximate surface area is 121 Å². The average molecular weight is 288 g/mol. The van der Waals surface area contributed by atoms with Gasteiger partial charge in [-0.15, -0.1) is 5.10 Å². The first-order chi connectivity index (χ1) is 10.1. The number of para-hydroxylation sites is 1. The lowest BCUT2D eigenvalue weighted by molar-refractivity contribution is -0.145. The Kier molecular flexibility index (Phi) is 3.55. The molecule has 1 saturated heterocycles. The Hall–Kier alpha value is -2.44. The van der Waals surface area contributed by atoms with Crippen LogP contribution in [0.5, 0.6) is 0 Å². The zero-order valence-corrected chi connectivity index (χ0v) is 11.5. The van der Waals surface area contributed by atoms with Crippen molar-refractivity contribution in [1.29, 1.82) is 0 Å². The van der Waals surface area contributed by atoms with Crippen LogP contribution in [0.1, 0.15) is 12.8 Å². The highest BCUT2D eigenvalue weighted by Crippen LogP contribution is 2.17. The topological polar surface area (TPSA) is 88.3 Å². The van der Waals surface area contributed by atoms with Crippen molar-refractivity contribution in [3.63, 3.8) is 0 Å². The van der Waals surface area contributed by atoms with Gasteiger partial charge in [0.25, 0.3) is 0 Å². The van der Waals surface area contributed by atoms with Crippen molar-refractivity contribution in [1.82, 2.24) is 19.9 Å². The first-order valence-electron chi connectivity index (χ1n) is 6.94. The number of aromatic nitrogens is 3. The van der Waals surface area contributed by atoms with Crippen LogP contribution in [0.4, 0.5) is 0 Å². The number of benzene rings is 1. The lowest BCUT2D eigenvalue weighted by Crippen LogP contribution is -2.43. The minimum atomic E-state index is -0.835. The fraction of sp³-hybridized carbons (Fsp3) is 0.429. The Morgan fingerprint density at radius 1 is 1.33 bits per heavy atom. The number of amides is 1. The van der Waals surface area contributed by atoms with E-state index in [1.54, 1.807) is 9.58 Å². The predicted octanol–water partition coefficient (Wildman–Crippen LogP) is 0.754. The van der Waals surface area contributed by atoms with Crippen molar-refractivity contribution in [3.8, 4) is 0 Å². The smallest absolute Gasteiger partial charge is 0.308 e. The molecule has 1 aliphatic heterocycles. The summed E-state index contributed by atoms with van der Waals surface area (Å²) in [7, 11) is 0. The Bertz CT molecular complexity index is 682. The number of piperidine rings is 1. The van der Waals surface area contributed by atoms with Gasteiger partial charge in [0, 0.05) is 13.1 Å². The van der Waals surface area contributed by atoms with Gasteiger partial charge in [0.05, 0.1) is 11.4 Å². The maximum Gasteiger partial charge on any atom is 0.308 e. The standard InChI is InChI=1S/C14H16N4O3/c19-13(17-7-3-4-10(8-17)14(20)21)9-18-12-6-2-1-5-11(12)15-16-18/h1-2,5-6,10H,3-4,7-9H2,(H,20,21)/t10-/m1/s1. The third-order valence-electron chi connectivity index (χ3n) is 3.83. The molecule has 0 radical (unpaired) electrons. The second-order valence-corrected chi connectivity index (χ2v) is 5.25. The highest BCUT2D eigenvalue weighted by Gasteiger charge is 2.28. The second kappa shape index (κ2) is 5.51. The molecule has 0 unspecified atom stereocenters. The summed E-state index contributed by atoms with van der Waals surface area (Å²) in [5, 5.41) is 17.1. The van der Waals surface area contributed by atoms with Crippen molar-refractivity contribution in [2.75, 3.05) is 13.1 Å². The quantitative estimate of drug-likeness (QED) is 0.900. The van der Waals surface area contributed by atoms with E-state index in [0.717, 1.165) is 17.5 Å². The molecule has 0 spiro atoms. The van der Waals surface area contributed by atoms with E-state index in [0.29, 0.717) is 13.0 Å². The van der Waals surface area contributed by atoms with Crippen molar-refractivity contribution in [2.45, 2.75) is 19.4 Å². The van der Waals surface area contributed by atoms with Crippen LogP contribution in [-0.4, -0.2) is 50.0 Å². The second-order valence-electron chi connectivity index (χ2n) is 5.25. The van der Waals surface area contributed by atoms with Crippen molar-refractivity contribution in [3.05, 3.63) is 24.3 Å². The predicted molar refractivity (Wildman–Crippen MR) is 74.5 cm³/mol. The molecular formula is C14H16N4O3. The third-order valence-corrected chi connectivity index (χ3v) is 3.83. The van der Waals surface area contributed by atoms with Gasteiger partial charge in [-0.1, -0.05) is 17.3 Å². The number of carboxylic acid groups (broad SMARTS) is 1. The minimum Gasteiger partial charge on any atom is -0.481 e. The SMILES string of the molecule is O=C(O)[C@@H]1CCCN(C(=O)Cn2nnc3ccccc32)C1. The molecule has 0 bridgehead atoms. The molecule has 1 aliphatic rings. The fourth-order valence-electron chi connectivity index (χ4n) is 2.67. The molecule has 1 N–H and O–H groups in total. The molecule has 3 rings (SSSR count). The van der Waals surface area contributed by atoms with Crippen LogP contribution in [0, 0.1) is 5.92 Å². The maximum absolute atomic E-state index is 12.3. The van der Waals surface area contributed by atoms with Crippen molar-refractivity contribution in [2.24, 2.45) is 5.92 Å². The summed E-state index contributed by atoms with van der Waals surface area (Å²) >= 11 is 0. The molecule has 1 amide bonds. The van der Waals surface area contributed by atoms with Crippen molar-refractivity contribution < 1.29 is 14.7 Å². The maximum atomic E-state index is 12.3. The lowest BCUT2D eigenvalue weighted by atomic mass is 9.98. The number of carbonyl (C=O) groups excluding carboxylic acids is 1. The largest absolute Gasteiger partial charge is 0.481 e. The molecule has 1 aromatic carbocycles. The van der Waals surface area contributed by atoms with Gasteiger partial charge >= 0.3 is 5.97 Å². The number of likely N-dealkylation sites (tertiary alicyclic amines) is 1. The third kappa shape index (κ3) is 2.72. The number of nitrogens with zero attached hydrogens (tertiary/aromatic N) is 4. The molecule has 0 saturated carbocycles. The normalized spacial score (nSPS) is 18.9. The number of rotatable bonds is 3. The molecule has 7 nitrogen and oxygen atoms in total. The number of aliphatic carboxylic acids is 1. The van der Waals surface area contributed by atoms with E-state index in [9.17, 15) is 9.59 Å². The van der Waals surface area contributed by atoms with E-state index >= 15 is 0 Å². The van der Waals surface area contributed by atoms with Gasteiger partial charge in [-0.25, -0.2) is 4.68 Å². The zero-order chi connectivity index (χ0) is 14.8. The average Bonchev–Trinajstić information content (AvgIpc) is 2.91. The summed E-state index contributed by atoms with van der Waals surface area (Å²) in [6.45, 7) is 0.975. The number of hydrogen-bond donors (Lipinski definition) is 1. The van der Waals surface area contributed by atoms with Crippen LogP contribution in [-0.2, 0) is 16.1 Å². The van der Waals surface area contributed by atoms with Gasteiger partial charge in [-0.05, 0) is 25.0 Å². The highest BCUT2D eigenvalue weighted by molar-refractivity contribution is 5.80. The van der Waals surface area contributed by atoms with Gasteiger partial charge in [-0.3, -0.25) is 9.59 Å². The van der Waals surface area contributed by atoms with Crippen LogP contribution in [0.25, 0.3) is 11.0 Å². The molecule has 1 fully saturated rings. The molecule has 110 valence electrons. The summed E-state index contributed by atoms with van der Waals surface area (Å²) in [6.07, 6.45) is 1.35. The highest BCUT2D eigenvalue weighted by atomic mass is 16.4. The van der Waals surface area contributed by atoms with Gasteiger partial charge in [0.2, 0.25) is 5.91 Å². The first-order valence-corrected chi connectivity index (χ1v) is 6.94. The van der Waals surface area contributed by atoms with Crippen molar-refractivity contribution >= 4 is 22.9 Å².